The standard InChI is InChI=1S/C33H23N3OS/c34-22-28-27(23-11-3-1-4-12-23)21-29(24-13-5-2-6-14-24)35-33(28)38-20-19-32(37)36-30-17-9-7-15-25(30)26-16-8-10-18-31(26)36/h1-18,21H,19-20H2. The van der Waals surface area contributed by atoms with Crippen LogP contribution in [0.5, 0.6) is 0 Å². The van der Waals surface area contributed by atoms with Gasteiger partial charge in [-0.05, 0) is 23.8 Å². The second-order valence-electron chi connectivity index (χ2n) is 8.94. The number of thioether (sulfide) groups is 1. The van der Waals surface area contributed by atoms with Crippen LogP contribution in [0.2, 0.25) is 0 Å². The van der Waals surface area contributed by atoms with Gasteiger partial charge in [0.25, 0.3) is 0 Å². The number of rotatable bonds is 6. The zero-order valence-corrected chi connectivity index (χ0v) is 21.4. The Morgan fingerprint density at radius 2 is 1.32 bits per heavy atom. The number of carbonyl (C=O) groups is 1. The second-order valence-corrected chi connectivity index (χ2v) is 10.0. The number of para-hydroxylation sites is 2. The Labute approximate surface area is 225 Å². The maximum atomic E-state index is 13.5. The van der Waals surface area contributed by atoms with Crippen molar-refractivity contribution in [1.82, 2.24) is 9.55 Å². The molecule has 2 aromatic heterocycles. The first-order valence-corrected chi connectivity index (χ1v) is 13.4. The molecule has 0 saturated carbocycles. The molecule has 0 aliphatic rings. The van der Waals surface area contributed by atoms with Gasteiger partial charge >= 0.3 is 0 Å². The van der Waals surface area contributed by atoms with Crippen LogP contribution in [0.25, 0.3) is 44.2 Å². The number of fused-ring (bicyclic) bond motifs is 3. The Hall–Kier alpha value is -4.66. The van der Waals surface area contributed by atoms with E-state index in [9.17, 15) is 10.1 Å². The Bertz CT molecular complexity index is 1770. The molecule has 2 heterocycles. The van der Waals surface area contributed by atoms with Gasteiger partial charge in [0.05, 0.1) is 22.3 Å². The summed E-state index contributed by atoms with van der Waals surface area (Å²) in [4.78, 5) is 18.4. The highest BCUT2D eigenvalue weighted by molar-refractivity contribution is 7.99. The Morgan fingerprint density at radius 3 is 1.92 bits per heavy atom. The van der Waals surface area contributed by atoms with Crippen LogP contribution in [0, 0.1) is 11.3 Å². The number of aromatic nitrogens is 2. The first-order valence-electron chi connectivity index (χ1n) is 12.4. The molecule has 0 fully saturated rings. The fraction of sp³-hybridized carbons (Fsp3) is 0.0606. The predicted molar refractivity (Wildman–Crippen MR) is 155 cm³/mol. The summed E-state index contributed by atoms with van der Waals surface area (Å²) in [7, 11) is 0. The van der Waals surface area contributed by atoms with E-state index in [1.807, 2.05) is 108 Å². The van der Waals surface area contributed by atoms with Crippen molar-refractivity contribution >= 4 is 39.5 Å². The molecule has 5 heteroatoms. The number of nitrogens with zero attached hydrogens (tertiary/aromatic N) is 3. The maximum absolute atomic E-state index is 13.5. The van der Waals surface area contributed by atoms with Crippen molar-refractivity contribution in [3.63, 3.8) is 0 Å². The summed E-state index contributed by atoms with van der Waals surface area (Å²) in [5, 5.41) is 12.9. The van der Waals surface area contributed by atoms with Crippen molar-refractivity contribution in [2.24, 2.45) is 0 Å². The SMILES string of the molecule is N#Cc1c(-c2ccccc2)cc(-c2ccccc2)nc1SCCC(=O)n1c2ccccc2c2ccccc21. The van der Waals surface area contributed by atoms with Crippen LogP contribution in [0.1, 0.15) is 16.8 Å². The fourth-order valence-corrected chi connectivity index (χ4v) is 5.81. The molecule has 0 saturated heterocycles. The zero-order chi connectivity index (χ0) is 25.9. The maximum Gasteiger partial charge on any atom is 0.232 e. The molecule has 6 aromatic rings. The highest BCUT2D eigenvalue weighted by Gasteiger charge is 2.18. The van der Waals surface area contributed by atoms with E-state index in [0.717, 1.165) is 44.2 Å². The van der Waals surface area contributed by atoms with Gasteiger partial charge in [-0.25, -0.2) is 4.98 Å². The molecule has 0 radical (unpaired) electrons. The van der Waals surface area contributed by atoms with E-state index in [2.05, 4.69) is 18.2 Å². The van der Waals surface area contributed by atoms with Crippen LogP contribution in [-0.2, 0) is 0 Å². The molecule has 0 unspecified atom stereocenters. The van der Waals surface area contributed by atoms with Crippen molar-refractivity contribution < 1.29 is 4.79 Å². The van der Waals surface area contributed by atoms with Crippen molar-refractivity contribution in [3.05, 3.63) is 121 Å². The van der Waals surface area contributed by atoms with Crippen molar-refractivity contribution in [2.45, 2.75) is 11.4 Å². The lowest BCUT2D eigenvalue weighted by molar-refractivity contribution is 0.0920. The fourth-order valence-electron chi connectivity index (χ4n) is 4.87. The lowest BCUT2D eigenvalue weighted by Crippen LogP contribution is -2.11. The molecule has 0 spiro atoms. The third-order valence-corrected chi connectivity index (χ3v) is 7.61. The minimum absolute atomic E-state index is 0.0240. The Kier molecular flexibility index (Phi) is 6.47. The van der Waals surface area contributed by atoms with Gasteiger partial charge in [-0.3, -0.25) is 9.36 Å². The van der Waals surface area contributed by atoms with E-state index in [1.54, 1.807) is 0 Å². The minimum Gasteiger partial charge on any atom is -0.280 e. The molecule has 38 heavy (non-hydrogen) atoms. The van der Waals surface area contributed by atoms with Gasteiger partial charge in [0.1, 0.15) is 11.1 Å². The molecule has 0 aliphatic carbocycles. The summed E-state index contributed by atoms with van der Waals surface area (Å²) in [6.45, 7) is 0. The first kappa shape index (κ1) is 23.7. The molecule has 4 aromatic carbocycles. The van der Waals surface area contributed by atoms with E-state index < -0.39 is 0 Å². The monoisotopic (exact) mass is 509 g/mol. The molecule has 0 aliphatic heterocycles. The number of benzene rings is 4. The first-order chi connectivity index (χ1) is 18.7. The number of hydrogen-bond donors (Lipinski definition) is 0. The second kappa shape index (κ2) is 10.4. The van der Waals surface area contributed by atoms with Crippen LogP contribution in [0.3, 0.4) is 0 Å². The number of pyridine rings is 1. The van der Waals surface area contributed by atoms with Crippen LogP contribution < -0.4 is 0 Å². The van der Waals surface area contributed by atoms with E-state index >= 15 is 0 Å². The largest absolute Gasteiger partial charge is 0.280 e. The van der Waals surface area contributed by atoms with Gasteiger partial charge < -0.3 is 0 Å². The molecule has 0 bridgehead atoms. The summed E-state index contributed by atoms with van der Waals surface area (Å²) >= 11 is 1.46. The normalized spacial score (nSPS) is 11.0. The summed E-state index contributed by atoms with van der Waals surface area (Å²) in [6.07, 6.45) is 0.316. The van der Waals surface area contributed by atoms with Crippen LogP contribution >= 0.6 is 11.8 Å². The van der Waals surface area contributed by atoms with E-state index in [0.29, 0.717) is 22.8 Å². The molecule has 182 valence electrons. The Morgan fingerprint density at radius 1 is 0.763 bits per heavy atom. The molecular formula is C33H23N3OS. The van der Waals surface area contributed by atoms with E-state index in [1.165, 1.54) is 11.8 Å². The van der Waals surface area contributed by atoms with Gasteiger partial charge in [0.15, 0.2) is 0 Å². The average molecular weight is 510 g/mol. The van der Waals surface area contributed by atoms with Gasteiger partial charge in [-0.2, -0.15) is 5.26 Å². The quantitative estimate of drug-likeness (QED) is 0.212. The summed E-state index contributed by atoms with van der Waals surface area (Å²) in [5.74, 6) is 0.532. The lowest BCUT2D eigenvalue weighted by Gasteiger charge is -2.13. The summed E-state index contributed by atoms with van der Waals surface area (Å²) in [6, 6.07) is 40.3. The van der Waals surface area contributed by atoms with Gasteiger partial charge in [-0.15, -0.1) is 11.8 Å². The van der Waals surface area contributed by atoms with Gasteiger partial charge in [-0.1, -0.05) is 97.1 Å². The molecule has 0 amide bonds. The number of carbonyl (C=O) groups excluding carboxylic acids is 1. The molecule has 6 rings (SSSR count). The number of nitriles is 1. The highest BCUT2D eigenvalue weighted by atomic mass is 32.2. The predicted octanol–water partition coefficient (Wildman–Crippen LogP) is 8.22. The van der Waals surface area contributed by atoms with E-state index in [4.69, 9.17) is 4.98 Å². The molecule has 0 atom stereocenters. The lowest BCUT2D eigenvalue weighted by atomic mass is 9.99. The number of hydrogen-bond acceptors (Lipinski definition) is 4. The highest BCUT2D eigenvalue weighted by Crippen LogP contribution is 2.35. The third kappa shape index (κ3) is 4.36. The molecule has 4 nitrogen and oxygen atoms in total. The summed E-state index contributed by atoms with van der Waals surface area (Å²) < 4.78 is 1.82. The summed E-state index contributed by atoms with van der Waals surface area (Å²) in [5.41, 5.74) is 5.96. The third-order valence-electron chi connectivity index (χ3n) is 6.64. The van der Waals surface area contributed by atoms with Crippen molar-refractivity contribution in [3.8, 4) is 28.5 Å². The Balaban J connectivity index is 1.34. The minimum atomic E-state index is 0.0240. The van der Waals surface area contributed by atoms with Crippen LogP contribution in [0.15, 0.2) is 120 Å². The smallest absolute Gasteiger partial charge is 0.232 e. The van der Waals surface area contributed by atoms with Crippen LogP contribution in [0.4, 0.5) is 0 Å². The van der Waals surface area contributed by atoms with E-state index in [-0.39, 0.29) is 5.91 Å². The van der Waals surface area contributed by atoms with Gasteiger partial charge in [0.2, 0.25) is 5.91 Å². The molecular weight excluding hydrogens is 486 g/mol. The van der Waals surface area contributed by atoms with Crippen molar-refractivity contribution in [2.75, 3.05) is 5.75 Å². The van der Waals surface area contributed by atoms with Crippen LogP contribution in [-0.4, -0.2) is 21.2 Å². The average Bonchev–Trinajstić information content (AvgIpc) is 3.32. The zero-order valence-electron chi connectivity index (χ0n) is 20.5. The topological polar surface area (TPSA) is 58.7 Å². The molecule has 0 N–H and O–H groups in total. The van der Waals surface area contributed by atoms with Crippen molar-refractivity contribution in [1.29, 1.82) is 5.26 Å². The van der Waals surface area contributed by atoms with Gasteiger partial charge in [0, 0.05) is 34.1 Å².